The summed E-state index contributed by atoms with van der Waals surface area (Å²) in [6.07, 6.45) is 12.4. The second kappa shape index (κ2) is 13.2. The second-order valence-corrected chi connectivity index (χ2v) is 59.2. The molecule has 0 radical (unpaired) electrons. The third kappa shape index (κ3) is 6.02. The van der Waals surface area contributed by atoms with E-state index in [-0.39, 0.29) is 12.7 Å². The summed E-state index contributed by atoms with van der Waals surface area (Å²) in [6.45, 7) is 21.3. The van der Waals surface area contributed by atoms with Crippen molar-refractivity contribution in [3.63, 3.8) is 0 Å². The fourth-order valence-electron chi connectivity index (χ4n) is 9.32. The van der Waals surface area contributed by atoms with Crippen LogP contribution in [0.2, 0.25) is 13.1 Å². The van der Waals surface area contributed by atoms with Crippen LogP contribution in [0.25, 0.3) is 23.3 Å². The Kier molecular flexibility index (Phi) is 9.99. The van der Waals surface area contributed by atoms with Crippen LogP contribution < -0.4 is 0 Å². The van der Waals surface area contributed by atoms with Crippen LogP contribution in [0.5, 0.6) is 0 Å². The van der Waals surface area contributed by atoms with Gasteiger partial charge in [0.15, 0.2) is 0 Å². The van der Waals surface area contributed by atoms with E-state index in [1.807, 2.05) is 0 Å². The fraction of sp³-hybridized carbons (Fsp3) is 0.488. The normalized spacial score (nSPS) is 24.3. The van der Waals surface area contributed by atoms with Crippen LogP contribution in [-0.4, -0.2) is 5.92 Å². The minimum atomic E-state index is -4.81. The van der Waals surface area contributed by atoms with E-state index in [0.29, 0.717) is 11.8 Å². The molecule has 0 aromatic heterocycles. The number of hydrogen-bond donors (Lipinski definition) is 0. The van der Waals surface area contributed by atoms with Gasteiger partial charge in [0.25, 0.3) is 0 Å². The Balaban J connectivity index is 1.56. The zero-order chi connectivity index (χ0) is 33.9. The maximum absolute atomic E-state index is 8.80. The molecular formula is C43H57Cl2SiZr. The summed E-state index contributed by atoms with van der Waals surface area (Å²) >= 11 is -4.81. The number of allylic oxidation sites excluding steroid dienone is 2. The van der Waals surface area contributed by atoms with Crippen molar-refractivity contribution in [1.29, 1.82) is 0 Å². The summed E-state index contributed by atoms with van der Waals surface area (Å²) in [5.41, 5.74) is 14.4. The van der Waals surface area contributed by atoms with Gasteiger partial charge in [0.1, 0.15) is 0 Å². The van der Waals surface area contributed by atoms with Crippen LogP contribution >= 0.6 is 17.0 Å². The number of benzene rings is 3. The van der Waals surface area contributed by atoms with Gasteiger partial charge in [0.05, 0.1) is 0 Å². The molecule has 0 heterocycles. The Morgan fingerprint density at radius 1 is 0.809 bits per heavy atom. The first-order chi connectivity index (χ1) is 22.2. The molecule has 0 spiro atoms. The molecule has 47 heavy (non-hydrogen) atoms. The number of rotatable bonds is 8. The predicted octanol–water partition coefficient (Wildman–Crippen LogP) is 14.0. The molecule has 3 aromatic carbocycles. The topological polar surface area (TPSA) is 0 Å². The van der Waals surface area contributed by atoms with Gasteiger partial charge in [-0.05, 0) is 0 Å². The molecule has 0 bridgehead atoms. The first kappa shape index (κ1) is 35.6. The van der Waals surface area contributed by atoms with Crippen molar-refractivity contribution >= 4 is 35.1 Å². The van der Waals surface area contributed by atoms with E-state index >= 15 is 0 Å². The molecule has 0 amide bonds. The monoisotopic (exact) mass is 761 g/mol. The van der Waals surface area contributed by atoms with Crippen LogP contribution in [0.15, 0.2) is 71.8 Å². The van der Waals surface area contributed by atoms with Crippen molar-refractivity contribution in [3.8, 4) is 11.1 Å². The molecule has 3 aliphatic carbocycles. The molecular weight excluding hydrogens is 707 g/mol. The Hall–Kier alpha value is -1.18. The van der Waals surface area contributed by atoms with E-state index in [2.05, 4.69) is 134 Å². The number of hydrogen-bond acceptors (Lipinski definition) is 0. The summed E-state index contributed by atoms with van der Waals surface area (Å²) in [4.78, 5) is 0. The third-order valence-electron chi connectivity index (χ3n) is 12.6. The van der Waals surface area contributed by atoms with Crippen LogP contribution in [0.3, 0.4) is 0 Å². The Morgan fingerprint density at radius 3 is 2.00 bits per heavy atom. The van der Waals surface area contributed by atoms with E-state index in [4.69, 9.17) is 17.0 Å². The van der Waals surface area contributed by atoms with Crippen LogP contribution in [0.4, 0.5) is 0 Å². The van der Waals surface area contributed by atoms with E-state index in [1.54, 1.807) is 5.57 Å². The predicted molar refractivity (Wildman–Crippen MR) is 209 cm³/mol. The molecule has 0 N–H and O–H groups in total. The Bertz CT molecular complexity index is 1700. The van der Waals surface area contributed by atoms with Crippen molar-refractivity contribution in [2.75, 3.05) is 0 Å². The van der Waals surface area contributed by atoms with Gasteiger partial charge < -0.3 is 0 Å². The van der Waals surface area contributed by atoms with E-state index < -0.39 is 21.5 Å². The average molecular weight is 764 g/mol. The molecule has 6 rings (SSSR count). The van der Waals surface area contributed by atoms with E-state index in [0.717, 1.165) is 18.8 Å². The molecule has 0 aliphatic heterocycles. The molecule has 3 aliphatic rings. The first-order valence-corrected chi connectivity index (χ1v) is 34.9. The molecule has 0 nitrogen and oxygen atoms in total. The number of halogens is 2. The zero-order valence-corrected chi connectivity index (χ0v) is 35.5. The van der Waals surface area contributed by atoms with Gasteiger partial charge >= 0.3 is 297 Å². The van der Waals surface area contributed by atoms with E-state index in [1.165, 1.54) is 75.8 Å². The molecule has 3 atom stereocenters. The van der Waals surface area contributed by atoms with Crippen LogP contribution in [0, 0.1) is 11.8 Å². The Labute approximate surface area is 295 Å². The maximum atomic E-state index is 8.80. The van der Waals surface area contributed by atoms with Gasteiger partial charge in [-0.15, -0.1) is 0 Å². The summed E-state index contributed by atoms with van der Waals surface area (Å²) in [5.74, 6) is 0.302. The average Bonchev–Trinajstić information content (AvgIpc) is 3.65. The molecule has 0 saturated heterocycles. The van der Waals surface area contributed by atoms with Crippen molar-refractivity contribution in [1.82, 2.24) is 0 Å². The molecule has 4 heteroatoms. The summed E-state index contributed by atoms with van der Waals surface area (Å²) in [6, 6.07) is 23.4. The summed E-state index contributed by atoms with van der Waals surface area (Å²) in [5, 5.41) is 0. The summed E-state index contributed by atoms with van der Waals surface area (Å²) < 4.78 is 0.332. The fourth-order valence-corrected chi connectivity index (χ4v) is 40.7. The minimum absolute atomic E-state index is 0.130. The van der Waals surface area contributed by atoms with Gasteiger partial charge in [-0.1, -0.05) is 0 Å². The third-order valence-corrected chi connectivity index (χ3v) is 64.3. The Morgan fingerprint density at radius 2 is 1.43 bits per heavy atom. The molecule has 3 aromatic rings. The van der Waals surface area contributed by atoms with Crippen LogP contribution in [-0.2, 0) is 21.0 Å². The quantitative estimate of drug-likeness (QED) is 0.201. The van der Waals surface area contributed by atoms with Gasteiger partial charge in [-0.2, -0.15) is 0 Å². The van der Waals surface area contributed by atoms with Gasteiger partial charge in [0.2, 0.25) is 0 Å². The zero-order valence-electron chi connectivity index (χ0n) is 30.4. The van der Waals surface area contributed by atoms with Gasteiger partial charge in [-0.3, -0.25) is 0 Å². The number of fused-ring (bicyclic) bond motifs is 2. The van der Waals surface area contributed by atoms with Crippen molar-refractivity contribution in [3.05, 3.63) is 105 Å². The second-order valence-electron chi connectivity index (χ2n) is 16.7. The summed E-state index contributed by atoms with van der Waals surface area (Å²) in [7, 11) is 17.6. The molecule has 1 saturated carbocycles. The molecule has 3 unspecified atom stereocenters. The van der Waals surface area contributed by atoms with Crippen molar-refractivity contribution < 1.29 is 15.6 Å². The standard InChI is InChI=1S/C21H23.C20H27.C2H7Si.2ClH.Zr/c1-5-15-13-17-7-6-8-19(20(17)14-15)16-9-11-18(12-10-16)21(2,3)4;1-4-15(3)19-7-5-6-17-12-18(13-20(17)19)16-10-8-14(2)9-11-16;1-3-2;;;/h6-14H,5H2,1-4H3;5-7,12-16H,4,8-11H2,1-3H3;3H,1-2H3;2*1H;/q;;;;;+2/p-2. The van der Waals surface area contributed by atoms with Crippen LogP contribution in [0.1, 0.15) is 134 Å². The SMILES string of the molecule is CCC1=Cc2c(-c3ccc(C(C)(C)C)cc3)cccc2[CH]1[Zr]([Cl])([Cl])([CH]1C(C2CCC(C)CC2)=Cc2c(C(C)CC)cccc21)[SiH](C)C. The van der Waals surface area contributed by atoms with Crippen molar-refractivity contribution in [2.45, 2.75) is 119 Å². The molecule has 251 valence electrons. The first-order valence-electron chi connectivity index (χ1n) is 18.6. The van der Waals surface area contributed by atoms with Gasteiger partial charge in [-0.25, -0.2) is 0 Å². The van der Waals surface area contributed by atoms with Gasteiger partial charge in [0, 0.05) is 0 Å². The van der Waals surface area contributed by atoms with Crippen molar-refractivity contribution in [2.24, 2.45) is 11.8 Å². The van der Waals surface area contributed by atoms with E-state index in [9.17, 15) is 0 Å². The molecule has 1 fully saturated rings.